The predicted molar refractivity (Wildman–Crippen MR) is 126 cm³/mol. The first-order valence-electron chi connectivity index (χ1n) is 12.3. The summed E-state index contributed by atoms with van der Waals surface area (Å²) < 4.78 is 2.21. The van der Waals surface area contributed by atoms with Crippen LogP contribution in [0.1, 0.15) is 66.7 Å². The topological polar surface area (TPSA) is 45.6 Å². The summed E-state index contributed by atoms with van der Waals surface area (Å²) in [4.78, 5) is 29.9. The van der Waals surface area contributed by atoms with E-state index in [0.29, 0.717) is 12.3 Å². The quantitative estimate of drug-likeness (QED) is 0.699. The Morgan fingerprint density at radius 3 is 2.16 bits per heavy atom. The Balaban J connectivity index is 1.20. The van der Waals surface area contributed by atoms with Crippen molar-refractivity contribution in [2.45, 2.75) is 58.8 Å². The number of hydrogen-bond acceptors (Lipinski definition) is 2. The van der Waals surface area contributed by atoms with Crippen LogP contribution in [0.25, 0.3) is 5.69 Å². The fourth-order valence-electron chi connectivity index (χ4n) is 5.65. The average molecular weight is 434 g/mol. The van der Waals surface area contributed by atoms with Crippen LogP contribution < -0.4 is 0 Å². The highest BCUT2D eigenvalue weighted by molar-refractivity contribution is 5.94. The lowest BCUT2D eigenvalue weighted by molar-refractivity contribution is -0.130. The van der Waals surface area contributed by atoms with Gasteiger partial charge in [-0.2, -0.15) is 0 Å². The summed E-state index contributed by atoms with van der Waals surface area (Å²) in [7, 11) is 0. The number of benzene rings is 1. The van der Waals surface area contributed by atoms with Crippen molar-refractivity contribution in [3.63, 3.8) is 0 Å². The van der Waals surface area contributed by atoms with Gasteiger partial charge in [0.2, 0.25) is 5.91 Å². The van der Waals surface area contributed by atoms with Crippen LogP contribution in [0.4, 0.5) is 0 Å². The fraction of sp³-hybridized carbons (Fsp3) is 0.556. The van der Waals surface area contributed by atoms with Crippen LogP contribution in [0, 0.1) is 25.2 Å². The second-order valence-electron chi connectivity index (χ2n) is 10.3. The molecule has 2 aliphatic heterocycles. The molecule has 0 radical (unpaired) electrons. The Labute approximate surface area is 191 Å². The van der Waals surface area contributed by atoms with Gasteiger partial charge < -0.3 is 14.4 Å². The second kappa shape index (κ2) is 8.42. The van der Waals surface area contributed by atoms with Gasteiger partial charge in [-0.3, -0.25) is 9.59 Å². The van der Waals surface area contributed by atoms with Gasteiger partial charge in [-0.1, -0.05) is 0 Å². The number of likely N-dealkylation sites (tertiary alicyclic amines) is 2. The van der Waals surface area contributed by atoms with E-state index in [0.717, 1.165) is 69.0 Å². The Morgan fingerprint density at radius 2 is 1.53 bits per heavy atom. The first-order chi connectivity index (χ1) is 15.4. The van der Waals surface area contributed by atoms with E-state index in [9.17, 15) is 9.59 Å². The Kier molecular flexibility index (Phi) is 5.60. The molecule has 5 nitrogen and oxygen atoms in total. The molecule has 5 rings (SSSR count). The molecule has 2 amide bonds. The molecule has 5 heteroatoms. The van der Waals surface area contributed by atoms with Crippen molar-refractivity contribution in [2.75, 3.05) is 26.2 Å². The first kappa shape index (κ1) is 21.3. The molecule has 0 bridgehead atoms. The van der Waals surface area contributed by atoms with Gasteiger partial charge in [-0.25, -0.2) is 0 Å². The van der Waals surface area contributed by atoms with Crippen molar-refractivity contribution in [1.29, 1.82) is 0 Å². The van der Waals surface area contributed by atoms with Gasteiger partial charge >= 0.3 is 0 Å². The van der Waals surface area contributed by atoms with Gasteiger partial charge in [-0.15, -0.1) is 0 Å². The van der Waals surface area contributed by atoms with E-state index in [-0.39, 0.29) is 11.3 Å². The number of aryl methyl sites for hydroxylation is 2. The Hall–Kier alpha value is -2.56. The van der Waals surface area contributed by atoms with Crippen LogP contribution in [0.2, 0.25) is 0 Å². The number of rotatable bonds is 4. The average Bonchev–Trinajstić information content (AvgIpc) is 3.59. The predicted octanol–water partition coefficient (Wildman–Crippen LogP) is 4.74. The molecule has 1 aromatic heterocycles. The summed E-state index contributed by atoms with van der Waals surface area (Å²) in [5, 5.41) is 0. The van der Waals surface area contributed by atoms with Crippen molar-refractivity contribution in [3.05, 3.63) is 53.3 Å². The van der Waals surface area contributed by atoms with E-state index in [4.69, 9.17) is 0 Å². The summed E-state index contributed by atoms with van der Waals surface area (Å²) >= 11 is 0. The highest BCUT2D eigenvalue weighted by Crippen LogP contribution is 2.42. The third kappa shape index (κ3) is 4.22. The van der Waals surface area contributed by atoms with Crippen LogP contribution >= 0.6 is 0 Å². The molecule has 0 N–H and O–H groups in total. The molecule has 2 saturated heterocycles. The monoisotopic (exact) mass is 433 g/mol. The van der Waals surface area contributed by atoms with Gasteiger partial charge in [0.25, 0.3) is 5.91 Å². The Morgan fingerprint density at radius 1 is 0.906 bits per heavy atom. The first-order valence-corrected chi connectivity index (χ1v) is 12.3. The van der Waals surface area contributed by atoms with Crippen LogP contribution in [0.15, 0.2) is 36.4 Å². The molecule has 170 valence electrons. The van der Waals surface area contributed by atoms with Gasteiger partial charge in [0, 0.05) is 55.2 Å². The van der Waals surface area contributed by atoms with Gasteiger partial charge in [0.05, 0.1) is 0 Å². The maximum Gasteiger partial charge on any atom is 0.253 e. The largest absolute Gasteiger partial charge is 0.342 e. The van der Waals surface area contributed by atoms with Gasteiger partial charge in [0.1, 0.15) is 0 Å². The molecule has 1 saturated carbocycles. The van der Waals surface area contributed by atoms with Crippen molar-refractivity contribution < 1.29 is 9.59 Å². The number of amides is 2. The number of carbonyl (C=O) groups excluding carboxylic acids is 2. The standard InChI is InChI=1S/C27H35N3O2/c1-20-3-4-21(2)30(20)24-9-7-23(8-10-24)26(32)28-16-13-27(14-17-28)12-11-25(31)29(18-15-27)19-22-5-6-22/h3-4,7-10,22H,5-6,11-19H2,1-2H3. The van der Waals surface area contributed by atoms with E-state index in [2.05, 4.69) is 35.4 Å². The van der Waals surface area contributed by atoms with E-state index in [1.54, 1.807) is 0 Å². The minimum atomic E-state index is 0.132. The van der Waals surface area contributed by atoms with Crippen molar-refractivity contribution in [1.82, 2.24) is 14.4 Å². The molecule has 3 heterocycles. The van der Waals surface area contributed by atoms with Crippen LogP contribution in [0.5, 0.6) is 0 Å². The zero-order chi connectivity index (χ0) is 22.3. The molecular weight excluding hydrogens is 398 g/mol. The number of hydrogen-bond donors (Lipinski definition) is 0. The highest BCUT2D eigenvalue weighted by atomic mass is 16.2. The smallest absolute Gasteiger partial charge is 0.253 e. The van der Waals surface area contributed by atoms with Gasteiger partial charge in [0.15, 0.2) is 0 Å². The maximum absolute atomic E-state index is 13.2. The molecule has 1 aromatic carbocycles. The lowest BCUT2D eigenvalue weighted by Gasteiger charge is -2.41. The lowest BCUT2D eigenvalue weighted by Crippen LogP contribution is -2.43. The van der Waals surface area contributed by atoms with Crippen molar-refractivity contribution in [2.24, 2.45) is 11.3 Å². The second-order valence-corrected chi connectivity index (χ2v) is 10.3. The third-order valence-corrected chi connectivity index (χ3v) is 8.06. The molecule has 32 heavy (non-hydrogen) atoms. The summed E-state index contributed by atoms with van der Waals surface area (Å²) in [6.45, 7) is 7.67. The SMILES string of the molecule is Cc1ccc(C)n1-c1ccc(C(=O)N2CCC3(CCC(=O)N(CC4CC4)CC3)CC2)cc1. The van der Waals surface area contributed by atoms with E-state index >= 15 is 0 Å². The third-order valence-electron chi connectivity index (χ3n) is 8.06. The zero-order valence-electron chi connectivity index (χ0n) is 19.5. The molecule has 1 spiro atoms. The number of piperidine rings is 1. The van der Waals surface area contributed by atoms with E-state index < -0.39 is 0 Å². The normalized spacial score (nSPS) is 21.1. The van der Waals surface area contributed by atoms with Crippen molar-refractivity contribution in [3.8, 4) is 5.69 Å². The number of aromatic nitrogens is 1. The molecule has 2 aromatic rings. The fourth-order valence-corrected chi connectivity index (χ4v) is 5.65. The summed E-state index contributed by atoms with van der Waals surface area (Å²) in [5.74, 6) is 1.23. The lowest BCUT2D eigenvalue weighted by atomic mass is 9.73. The van der Waals surface area contributed by atoms with Crippen molar-refractivity contribution >= 4 is 11.8 Å². The molecule has 3 fully saturated rings. The summed E-state index contributed by atoms with van der Waals surface area (Å²) in [5.41, 5.74) is 4.48. The zero-order valence-corrected chi connectivity index (χ0v) is 19.5. The minimum absolute atomic E-state index is 0.132. The maximum atomic E-state index is 13.2. The molecular formula is C27H35N3O2. The van der Waals surface area contributed by atoms with Crippen LogP contribution in [-0.2, 0) is 4.79 Å². The molecule has 0 atom stereocenters. The highest BCUT2D eigenvalue weighted by Gasteiger charge is 2.39. The number of carbonyl (C=O) groups is 2. The number of nitrogens with zero attached hydrogens (tertiary/aromatic N) is 3. The minimum Gasteiger partial charge on any atom is -0.342 e. The molecule has 3 aliphatic rings. The summed E-state index contributed by atoms with van der Waals surface area (Å²) in [6.07, 6.45) is 7.37. The van der Waals surface area contributed by atoms with Crippen LogP contribution in [0.3, 0.4) is 0 Å². The van der Waals surface area contributed by atoms with E-state index in [1.165, 1.54) is 24.2 Å². The Bertz CT molecular complexity index is 975. The molecule has 0 unspecified atom stereocenters. The van der Waals surface area contributed by atoms with E-state index in [1.807, 2.05) is 29.2 Å². The molecule has 1 aliphatic carbocycles. The van der Waals surface area contributed by atoms with Crippen LogP contribution in [-0.4, -0.2) is 52.4 Å². The van der Waals surface area contributed by atoms with Gasteiger partial charge in [-0.05, 0) is 100 Å². The summed E-state index contributed by atoms with van der Waals surface area (Å²) in [6, 6.07) is 12.2.